The lowest BCUT2D eigenvalue weighted by Crippen LogP contribution is -2.23. The van der Waals surface area contributed by atoms with Crippen LogP contribution in [0.5, 0.6) is 5.75 Å². The Hall–Kier alpha value is -4.72. The molecule has 202 valence electrons. The summed E-state index contributed by atoms with van der Waals surface area (Å²) in [4.78, 5) is 30.6. The van der Waals surface area contributed by atoms with E-state index in [0.29, 0.717) is 41.1 Å². The number of esters is 1. The average molecular weight is 536 g/mol. The third-order valence-corrected chi connectivity index (χ3v) is 7.54. The van der Waals surface area contributed by atoms with Crippen LogP contribution in [-0.4, -0.2) is 22.6 Å². The molecule has 5 aromatic rings. The first-order chi connectivity index (χ1) is 19.3. The van der Waals surface area contributed by atoms with Crippen molar-refractivity contribution >= 4 is 39.5 Å². The van der Waals surface area contributed by atoms with E-state index in [9.17, 15) is 9.59 Å². The van der Waals surface area contributed by atoms with Gasteiger partial charge in [0.15, 0.2) is 5.75 Å². The molecule has 0 saturated heterocycles. The maximum Gasteiger partial charge on any atom is 0.380 e. The highest BCUT2D eigenvalue weighted by Gasteiger charge is 2.29. The number of carbonyl (C=O) groups is 2. The summed E-state index contributed by atoms with van der Waals surface area (Å²) in [6.07, 6.45) is 3.89. The number of furan rings is 2. The highest BCUT2D eigenvalue weighted by molar-refractivity contribution is 6.06. The molecular weight excluding hydrogens is 506 g/mol. The van der Waals surface area contributed by atoms with Crippen molar-refractivity contribution in [2.45, 2.75) is 53.4 Å². The van der Waals surface area contributed by atoms with Crippen molar-refractivity contribution in [3.05, 3.63) is 93.8 Å². The van der Waals surface area contributed by atoms with Crippen molar-refractivity contribution in [2.24, 2.45) is 5.10 Å². The molecule has 3 aromatic heterocycles. The van der Waals surface area contributed by atoms with E-state index < -0.39 is 5.97 Å². The van der Waals surface area contributed by atoms with Crippen LogP contribution in [0.4, 0.5) is 0 Å². The molecule has 1 N–H and O–H groups in total. The summed E-state index contributed by atoms with van der Waals surface area (Å²) < 4.78 is 17.5. The number of nitrogens with zero attached hydrogens (tertiary/aromatic N) is 2. The van der Waals surface area contributed by atoms with Crippen LogP contribution in [-0.2, 0) is 17.6 Å². The van der Waals surface area contributed by atoms with Crippen LogP contribution >= 0.6 is 0 Å². The number of nitrogens with one attached hydrogen (secondary N) is 1. The Labute approximate surface area is 231 Å². The van der Waals surface area contributed by atoms with E-state index in [1.807, 2.05) is 64.1 Å². The van der Waals surface area contributed by atoms with E-state index >= 15 is 0 Å². The third-order valence-electron chi connectivity index (χ3n) is 7.54. The van der Waals surface area contributed by atoms with Gasteiger partial charge in [0.2, 0.25) is 11.7 Å². The van der Waals surface area contributed by atoms with Gasteiger partial charge < -0.3 is 13.6 Å². The molecule has 1 amide bonds. The molecule has 8 heteroatoms. The van der Waals surface area contributed by atoms with Gasteiger partial charge in [-0.1, -0.05) is 30.3 Å². The van der Waals surface area contributed by atoms with Crippen LogP contribution in [0.1, 0.15) is 62.7 Å². The maximum absolute atomic E-state index is 13.2. The summed E-state index contributed by atoms with van der Waals surface area (Å²) in [5.41, 5.74) is 10.0. The van der Waals surface area contributed by atoms with E-state index in [0.717, 1.165) is 50.7 Å². The van der Waals surface area contributed by atoms with E-state index in [-0.39, 0.29) is 18.1 Å². The first kappa shape index (κ1) is 25.6. The molecule has 3 heterocycles. The van der Waals surface area contributed by atoms with Crippen molar-refractivity contribution < 1.29 is 23.2 Å². The minimum Gasteiger partial charge on any atom is -0.464 e. The number of carbonyl (C=O) groups excluding carboxylic acids is 2. The number of pyridine rings is 1. The molecular formula is C32H29N3O5. The summed E-state index contributed by atoms with van der Waals surface area (Å²) in [7, 11) is 0. The molecule has 6 rings (SSSR count). The highest BCUT2D eigenvalue weighted by atomic mass is 16.5. The number of aromatic nitrogens is 1. The lowest BCUT2D eigenvalue weighted by Gasteiger charge is -2.13. The monoisotopic (exact) mass is 535 g/mol. The quantitative estimate of drug-likeness (QED) is 0.158. The zero-order valence-corrected chi connectivity index (χ0v) is 22.9. The Bertz CT molecular complexity index is 1840. The zero-order valence-electron chi connectivity index (χ0n) is 22.9. The van der Waals surface area contributed by atoms with E-state index in [2.05, 4.69) is 15.5 Å². The molecule has 0 radical (unpaired) electrons. The fourth-order valence-corrected chi connectivity index (χ4v) is 5.29. The third kappa shape index (κ3) is 4.55. The topological polar surface area (TPSA) is 107 Å². The summed E-state index contributed by atoms with van der Waals surface area (Å²) in [5.74, 6) is 0.329. The van der Waals surface area contributed by atoms with Crippen molar-refractivity contribution in [1.82, 2.24) is 10.4 Å². The normalized spacial score (nSPS) is 14.1. The van der Waals surface area contributed by atoms with Crippen LogP contribution in [0.15, 0.2) is 62.7 Å². The second-order valence-electron chi connectivity index (χ2n) is 10.3. The Kier molecular flexibility index (Phi) is 6.46. The van der Waals surface area contributed by atoms with E-state index in [4.69, 9.17) is 13.6 Å². The Morgan fingerprint density at radius 3 is 2.73 bits per heavy atom. The van der Waals surface area contributed by atoms with Crippen molar-refractivity contribution in [3.8, 4) is 5.75 Å². The predicted octanol–water partition coefficient (Wildman–Crippen LogP) is 6.43. The second-order valence-corrected chi connectivity index (χ2v) is 10.3. The minimum atomic E-state index is -0.594. The fraction of sp³-hybridized carbons (Fsp3) is 0.250. The minimum absolute atomic E-state index is 0.131. The number of fused-ring (bicyclic) bond motifs is 3. The molecule has 1 aliphatic rings. The zero-order chi connectivity index (χ0) is 28.0. The number of benzene rings is 2. The van der Waals surface area contributed by atoms with Gasteiger partial charge in [0.1, 0.15) is 16.9 Å². The Morgan fingerprint density at radius 1 is 1.02 bits per heavy atom. The van der Waals surface area contributed by atoms with Crippen molar-refractivity contribution in [1.29, 1.82) is 0 Å². The molecule has 1 aliphatic carbocycles. The molecule has 0 aliphatic heterocycles. The van der Waals surface area contributed by atoms with Crippen LogP contribution in [0.3, 0.4) is 0 Å². The number of ether oxygens (including phenoxy) is 1. The molecule has 0 unspecified atom stereocenters. The van der Waals surface area contributed by atoms with Gasteiger partial charge >= 0.3 is 5.97 Å². The number of aryl methyl sites for hydroxylation is 4. The summed E-state index contributed by atoms with van der Waals surface area (Å²) in [6.45, 7) is 7.74. The van der Waals surface area contributed by atoms with Gasteiger partial charge in [-0.15, -0.1) is 0 Å². The van der Waals surface area contributed by atoms with Crippen LogP contribution < -0.4 is 10.2 Å². The van der Waals surface area contributed by atoms with E-state index in [1.165, 1.54) is 0 Å². The molecule has 0 fully saturated rings. The molecule has 2 aromatic carbocycles. The first-order valence-electron chi connectivity index (χ1n) is 13.3. The molecule has 0 bridgehead atoms. The Morgan fingerprint density at radius 2 is 1.88 bits per heavy atom. The van der Waals surface area contributed by atoms with Crippen molar-refractivity contribution in [2.75, 3.05) is 0 Å². The van der Waals surface area contributed by atoms with Crippen LogP contribution in [0.2, 0.25) is 0 Å². The number of amides is 1. The van der Waals surface area contributed by atoms with Gasteiger partial charge in [-0.25, -0.2) is 15.2 Å². The smallest absolute Gasteiger partial charge is 0.380 e. The average Bonchev–Trinajstić information content (AvgIpc) is 3.51. The van der Waals surface area contributed by atoms with Gasteiger partial charge in [0, 0.05) is 39.6 Å². The van der Waals surface area contributed by atoms with Crippen LogP contribution in [0, 0.1) is 27.7 Å². The SMILES string of the molecule is Cc1ccc2cccc(OC(=O)c3oc4c(c3C)/C(=N/NC(=O)Cc3coc5c(C)c(C)ccc35)CCC4)c2n1. The van der Waals surface area contributed by atoms with Gasteiger partial charge in [0.05, 0.1) is 18.4 Å². The number of rotatable bonds is 5. The van der Waals surface area contributed by atoms with E-state index in [1.54, 1.807) is 12.3 Å². The van der Waals surface area contributed by atoms with Gasteiger partial charge in [-0.3, -0.25) is 4.79 Å². The van der Waals surface area contributed by atoms with Gasteiger partial charge in [-0.2, -0.15) is 5.10 Å². The number of hydrazone groups is 1. The lowest BCUT2D eigenvalue weighted by atomic mass is 9.93. The van der Waals surface area contributed by atoms with Gasteiger partial charge in [0.25, 0.3) is 0 Å². The molecule has 0 spiro atoms. The number of hydrogen-bond donors (Lipinski definition) is 1. The molecule has 0 atom stereocenters. The molecule has 40 heavy (non-hydrogen) atoms. The summed E-state index contributed by atoms with van der Waals surface area (Å²) >= 11 is 0. The second kappa shape index (κ2) is 10.1. The lowest BCUT2D eigenvalue weighted by molar-refractivity contribution is -0.120. The first-order valence-corrected chi connectivity index (χ1v) is 13.3. The predicted molar refractivity (Wildman–Crippen MR) is 152 cm³/mol. The summed E-state index contributed by atoms with van der Waals surface area (Å²) in [5, 5.41) is 6.26. The Balaban J connectivity index is 1.22. The largest absolute Gasteiger partial charge is 0.464 e. The standard InChI is InChI=1S/C32H29N3O5/c1-17-11-14-23-22(16-38-30(23)19(17)3)15-27(36)35-34-24-8-6-9-25-28(24)20(4)31(39-25)32(37)40-26-10-5-7-21-13-12-18(2)33-29(21)26/h5,7,10-14,16H,6,8-9,15H2,1-4H3,(H,35,36)/b34-24+. The summed E-state index contributed by atoms with van der Waals surface area (Å²) in [6, 6.07) is 13.3. The maximum atomic E-state index is 13.2. The highest BCUT2D eigenvalue weighted by Crippen LogP contribution is 2.32. The number of para-hydroxylation sites is 1. The van der Waals surface area contributed by atoms with Crippen molar-refractivity contribution in [3.63, 3.8) is 0 Å². The van der Waals surface area contributed by atoms with Gasteiger partial charge in [-0.05, 0) is 63.8 Å². The molecule has 0 saturated carbocycles. The van der Waals surface area contributed by atoms with Crippen LogP contribution in [0.25, 0.3) is 21.9 Å². The fourth-order valence-electron chi connectivity index (χ4n) is 5.29. The molecule has 8 nitrogen and oxygen atoms in total. The number of hydrogen-bond acceptors (Lipinski definition) is 7.